The minimum atomic E-state index is -3.46. The Labute approximate surface area is 169 Å². The smallest absolute Gasteiger partial charge is 0.401 e. The molecule has 0 atom stereocenters. The molecule has 3 rings (SSSR count). The first-order valence-corrected chi connectivity index (χ1v) is 13.1. The molecule has 28 heavy (non-hydrogen) atoms. The van der Waals surface area contributed by atoms with Crippen LogP contribution in [0.25, 0.3) is 0 Å². The minimum Gasteiger partial charge on any atom is -0.404 e. The normalized spacial score (nSPS) is 10.9. The Hall–Kier alpha value is -2.77. The maximum atomic E-state index is 10.2. The third kappa shape index (κ3) is 4.94. The molecule has 0 saturated carbocycles. The van der Waals surface area contributed by atoms with Crippen molar-refractivity contribution in [1.82, 2.24) is 0 Å². The van der Waals surface area contributed by atoms with Crippen LogP contribution in [0.4, 0.5) is 0 Å². The summed E-state index contributed by atoms with van der Waals surface area (Å²) in [5, 5.41) is 2.50. The third-order valence-electron chi connectivity index (χ3n) is 4.64. The van der Waals surface area contributed by atoms with Gasteiger partial charge in [0, 0.05) is 0 Å². The molecule has 0 aliphatic carbocycles. The van der Waals surface area contributed by atoms with E-state index in [1.807, 2.05) is 71.7 Å². The molecule has 0 unspecified atom stereocenters. The maximum absolute atomic E-state index is 10.2. The summed E-state index contributed by atoms with van der Waals surface area (Å²) in [6, 6.07) is 28.3. The van der Waals surface area contributed by atoms with Crippen molar-refractivity contribution in [2.24, 2.45) is 0 Å². The van der Waals surface area contributed by atoms with Crippen molar-refractivity contribution in [3.63, 3.8) is 0 Å². The van der Waals surface area contributed by atoms with Gasteiger partial charge in [-0.05, 0) is 15.6 Å². The van der Waals surface area contributed by atoms with Crippen LogP contribution in [0.2, 0.25) is 0 Å². The van der Waals surface area contributed by atoms with Crippen LogP contribution in [0.5, 0.6) is 0 Å². The van der Waals surface area contributed by atoms with Gasteiger partial charge in [-0.3, -0.25) is 0 Å². The van der Waals surface area contributed by atoms with Crippen molar-refractivity contribution < 1.29 is 9.59 Å². The molecule has 0 heterocycles. The third-order valence-corrected chi connectivity index (χ3v) is 10.3. The lowest BCUT2D eigenvalue weighted by Crippen LogP contribution is -2.59. The summed E-state index contributed by atoms with van der Waals surface area (Å²) in [7, 11) is -5.26. The van der Waals surface area contributed by atoms with Crippen molar-refractivity contribution in [2.75, 3.05) is 0 Å². The van der Waals surface area contributed by atoms with Gasteiger partial charge in [0.15, 0.2) is 8.07 Å². The Morgan fingerprint density at radius 2 is 0.786 bits per heavy atom. The predicted octanol–water partition coefficient (Wildman–Crippen LogP) is 2.75. The molecule has 0 fully saturated rings. The second-order valence-electron chi connectivity index (χ2n) is 6.32. The van der Waals surface area contributed by atoms with E-state index in [4.69, 9.17) is 0 Å². The molecule has 0 spiro atoms. The molecule has 4 heteroatoms. The van der Waals surface area contributed by atoms with Gasteiger partial charge in [0.25, 0.3) is 0 Å². The van der Waals surface area contributed by atoms with Gasteiger partial charge in [-0.1, -0.05) is 108 Å². The fourth-order valence-electron chi connectivity index (χ4n) is 2.84. The van der Waals surface area contributed by atoms with Gasteiger partial charge >= 0.3 is 8.56 Å². The first-order chi connectivity index (χ1) is 13.5. The summed E-state index contributed by atoms with van der Waals surface area (Å²) in [5.74, 6) is 0. The summed E-state index contributed by atoms with van der Waals surface area (Å²) in [6.45, 7) is 11.6. The number of hydrogen-bond donors (Lipinski definition) is 2. The molecule has 0 amide bonds. The van der Waals surface area contributed by atoms with Gasteiger partial charge in [0.05, 0.1) is 0 Å². The molecule has 3 aromatic carbocycles. The highest BCUT2D eigenvalue weighted by Crippen LogP contribution is 2.07. The monoisotopic (exact) mass is 402 g/mol. The van der Waals surface area contributed by atoms with E-state index in [0.717, 1.165) is 0 Å². The fourth-order valence-corrected chi connectivity index (χ4v) is 6.46. The topological polar surface area (TPSA) is 40.5 Å². The van der Waals surface area contributed by atoms with Crippen LogP contribution in [0.15, 0.2) is 128 Å². The zero-order valence-electron chi connectivity index (χ0n) is 15.9. The van der Waals surface area contributed by atoms with Crippen LogP contribution in [-0.2, 0) is 0 Å². The van der Waals surface area contributed by atoms with Crippen molar-refractivity contribution in [1.29, 1.82) is 0 Å². The summed E-state index contributed by atoms with van der Waals surface area (Å²) in [4.78, 5) is 20.3. The molecule has 0 aliphatic heterocycles. The Kier molecular flexibility index (Phi) is 7.66. The zero-order valence-corrected chi connectivity index (χ0v) is 17.9. The van der Waals surface area contributed by atoms with E-state index in [2.05, 4.69) is 31.9 Å². The fraction of sp³-hybridized carbons (Fsp3) is 0. The Morgan fingerprint density at radius 3 is 1.07 bits per heavy atom. The number of benzene rings is 3. The first-order valence-electron chi connectivity index (χ1n) is 9.02. The predicted molar refractivity (Wildman–Crippen MR) is 125 cm³/mol. The standard InChI is InChI=1S/C12H12O2Si.C12H14Si/c13-15(14,11-7-3-1-4-8-11)12-9-5-2-6-10-12;1-4-13(5-2,6-3)12-10-8-7-9-11-12/h1-10,13-14H;4-11H,1-3H2. The maximum Gasteiger partial charge on any atom is 0.401 e. The van der Waals surface area contributed by atoms with E-state index in [1.54, 1.807) is 24.3 Å². The average molecular weight is 403 g/mol. The lowest BCUT2D eigenvalue weighted by molar-refractivity contribution is 0.401. The van der Waals surface area contributed by atoms with Crippen molar-refractivity contribution >= 4 is 32.2 Å². The molecule has 0 aliphatic rings. The number of rotatable bonds is 6. The van der Waals surface area contributed by atoms with Gasteiger partial charge in [0.2, 0.25) is 0 Å². The molecular formula is C24H26O2Si2. The largest absolute Gasteiger partial charge is 0.404 e. The lowest BCUT2D eigenvalue weighted by Gasteiger charge is -2.19. The van der Waals surface area contributed by atoms with E-state index < -0.39 is 16.6 Å². The van der Waals surface area contributed by atoms with Gasteiger partial charge in [-0.2, -0.15) is 0 Å². The molecule has 142 valence electrons. The van der Waals surface area contributed by atoms with Gasteiger partial charge < -0.3 is 9.59 Å². The van der Waals surface area contributed by atoms with Crippen LogP contribution in [-0.4, -0.2) is 26.2 Å². The summed E-state index contributed by atoms with van der Waals surface area (Å²) in [6.07, 6.45) is 0. The zero-order chi connectivity index (χ0) is 20.5. The van der Waals surface area contributed by atoms with Crippen LogP contribution in [0, 0.1) is 0 Å². The molecule has 0 radical (unpaired) electrons. The second-order valence-corrected chi connectivity index (χ2v) is 12.5. The Morgan fingerprint density at radius 1 is 0.500 bits per heavy atom. The first kappa shape index (κ1) is 21.5. The highest BCUT2D eigenvalue weighted by molar-refractivity contribution is 7.03. The summed E-state index contributed by atoms with van der Waals surface area (Å²) >= 11 is 0. The van der Waals surface area contributed by atoms with E-state index >= 15 is 0 Å². The minimum absolute atomic E-state index is 0.608. The van der Waals surface area contributed by atoms with E-state index in [-0.39, 0.29) is 0 Å². The van der Waals surface area contributed by atoms with Crippen LogP contribution in [0.3, 0.4) is 0 Å². The number of hydrogen-bond acceptors (Lipinski definition) is 2. The van der Waals surface area contributed by atoms with Crippen molar-refractivity contribution in [3.05, 3.63) is 128 Å². The van der Waals surface area contributed by atoms with Gasteiger partial charge in [-0.25, -0.2) is 0 Å². The second kappa shape index (κ2) is 9.96. The van der Waals surface area contributed by atoms with Crippen molar-refractivity contribution in [3.8, 4) is 0 Å². The molecule has 3 aromatic rings. The van der Waals surface area contributed by atoms with Gasteiger partial charge in [-0.15, -0.1) is 19.7 Å². The van der Waals surface area contributed by atoms with E-state index in [0.29, 0.717) is 10.4 Å². The SMILES string of the molecule is C=C[Si](C=C)(C=C)c1ccccc1.O[Si](O)(c1ccccc1)c1ccccc1. The highest BCUT2D eigenvalue weighted by Gasteiger charge is 2.34. The molecule has 2 nitrogen and oxygen atoms in total. The Balaban J connectivity index is 0.000000203. The average Bonchev–Trinajstić information content (AvgIpc) is 2.78. The van der Waals surface area contributed by atoms with Gasteiger partial charge in [0.1, 0.15) is 0 Å². The summed E-state index contributed by atoms with van der Waals surface area (Å²) < 4.78 is 0. The molecule has 0 bridgehead atoms. The van der Waals surface area contributed by atoms with Crippen LogP contribution >= 0.6 is 0 Å². The molecule has 2 N–H and O–H groups in total. The van der Waals surface area contributed by atoms with Crippen LogP contribution < -0.4 is 15.6 Å². The lowest BCUT2D eigenvalue weighted by atomic mass is 10.4. The summed E-state index contributed by atoms with van der Waals surface area (Å²) in [5.41, 5.74) is 5.97. The highest BCUT2D eigenvalue weighted by atomic mass is 28.4. The Bertz CT molecular complexity index is 828. The van der Waals surface area contributed by atoms with E-state index in [9.17, 15) is 9.59 Å². The molecular weight excluding hydrogens is 376 g/mol. The van der Waals surface area contributed by atoms with Crippen molar-refractivity contribution in [2.45, 2.75) is 0 Å². The molecule has 0 aromatic heterocycles. The quantitative estimate of drug-likeness (QED) is 0.623. The van der Waals surface area contributed by atoms with E-state index in [1.165, 1.54) is 5.19 Å². The van der Waals surface area contributed by atoms with Crippen LogP contribution in [0.1, 0.15) is 0 Å². The molecule has 0 saturated heterocycles.